The molecule has 0 fully saturated rings. The Morgan fingerprint density at radius 1 is 1.26 bits per heavy atom. The molecule has 6 nitrogen and oxygen atoms in total. The van der Waals surface area contributed by atoms with Crippen LogP contribution in [-0.4, -0.2) is 25.2 Å². The normalized spacial score (nSPS) is 12.2. The standard InChI is InChI=1S/C15H17ClN2O4S/c1-15(2,3)12-8-14(22-18-12)17-13(19)9-23(20,21)11-6-4-10(16)5-7-11/h4-8H,9H2,1-3H3,(H,17,19). The molecule has 1 heterocycles. The lowest BCUT2D eigenvalue weighted by molar-refractivity contribution is -0.114. The van der Waals surface area contributed by atoms with Crippen molar-refractivity contribution in [2.75, 3.05) is 11.1 Å². The summed E-state index contributed by atoms with van der Waals surface area (Å²) in [6.07, 6.45) is 0. The first kappa shape index (κ1) is 17.5. The Bertz CT molecular complexity index is 805. The minimum Gasteiger partial charge on any atom is -0.338 e. The van der Waals surface area contributed by atoms with Crippen LogP contribution in [0.3, 0.4) is 0 Å². The zero-order chi connectivity index (χ0) is 17.3. The zero-order valence-electron chi connectivity index (χ0n) is 13.0. The zero-order valence-corrected chi connectivity index (χ0v) is 14.5. The van der Waals surface area contributed by atoms with Gasteiger partial charge in [-0.3, -0.25) is 10.1 Å². The van der Waals surface area contributed by atoms with Gasteiger partial charge in [0.1, 0.15) is 5.75 Å². The lowest BCUT2D eigenvalue weighted by atomic mass is 9.92. The van der Waals surface area contributed by atoms with Crippen LogP contribution in [0.5, 0.6) is 0 Å². The molecule has 0 aliphatic rings. The van der Waals surface area contributed by atoms with E-state index < -0.39 is 21.5 Å². The fourth-order valence-electron chi connectivity index (χ4n) is 1.76. The van der Waals surface area contributed by atoms with Gasteiger partial charge in [-0.15, -0.1) is 0 Å². The molecule has 8 heteroatoms. The molecule has 0 spiro atoms. The summed E-state index contributed by atoms with van der Waals surface area (Å²) in [4.78, 5) is 12.0. The lowest BCUT2D eigenvalue weighted by Gasteiger charge is -2.12. The van der Waals surface area contributed by atoms with Gasteiger partial charge < -0.3 is 4.52 Å². The quantitative estimate of drug-likeness (QED) is 0.909. The second-order valence-corrected chi connectivity index (χ2v) is 8.51. The van der Waals surface area contributed by atoms with Gasteiger partial charge in [-0.1, -0.05) is 37.5 Å². The Morgan fingerprint density at radius 2 is 1.87 bits per heavy atom. The molecule has 0 saturated heterocycles. The molecule has 0 atom stereocenters. The molecule has 0 radical (unpaired) electrons. The van der Waals surface area contributed by atoms with Crippen LogP contribution < -0.4 is 5.32 Å². The first-order valence-electron chi connectivity index (χ1n) is 6.83. The molecule has 1 amide bonds. The fourth-order valence-corrected chi connectivity index (χ4v) is 3.02. The highest BCUT2D eigenvalue weighted by Crippen LogP contribution is 2.23. The number of amides is 1. The van der Waals surface area contributed by atoms with E-state index in [1.807, 2.05) is 20.8 Å². The van der Waals surface area contributed by atoms with Gasteiger partial charge in [0.2, 0.25) is 11.8 Å². The van der Waals surface area contributed by atoms with Crippen molar-refractivity contribution in [3.8, 4) is 0 Å². The molecular formula is C15H17ClN2O4S. The maximum Gasteiger partial charge on any atom is 0.242 e. The Hall–Kier alpha value is -1.86. The van der Waals surface area contributed by atoms with E-state index in [0.29, 0.717) is 10.7 Å². The van der Waals surface area contributed by atoms with E-state index in [4.69, 9.17) is 16.1 Å². The van der Waals surface area contributed by atoms with Gasteiger partial charge in [0.05, 0.1) is 10.6 Å². The Balaban J connectivity index is 2.07. The van der Waals surface area contributed by atoms with Gasteiger partial charge in [-0.05, 0) is 24.3 Å². The maximum absolute atomic E-state index is 12.2. The molecule has 124 valence electrons. The van der Waals surface area contributed by atoms with Crippen LogP contribution in [0.25, 0.3) is 0 Å². The van der Waals surface area contributed by atoms with Gasteiger partial charge in [0.25, 0.3) is 0 Å². The minimum atomic E-state index is -3.75. The van der Waals surface area contributed by atoms with E-state index in [0.717, 1.165) is 0 Å². The van der Waals surface area contributed by atoms with Crippen molar-refractivity contribution >= 4 is 33.2 Å². The molecule has 1 aromatic heterocycles. The number of carbonyl (C=O) groups excluding carboxylic acids is 1. The summed E-state index contributed by atoms with van der Waals surface area (Å²) in [6.45, 7) is 5.84. The Morgan fingerprint density at radius 3 is 2.39 bits per heavy atom. The van der Waals surface area contributed by atoms with E-state index in [1.165, 1.54) is 24.3 Å². The summed E-state index contributed by atoms with van der Waals surface area (Å²) in [6, 6.07) is 7.21. The number of carbonyl (C=O) groups is 1. The van der Waals surface area contributed by atoms with Crippen LogP contribution in [-0.2, 0) is 20.0 Å². The van der Waals surface area contributed by atoms with E-state index in [9.17, 15) is 13.2 Å². The third-order valence-electron chi connectivity index (χ3n) is 3.04. The molecule has 23 heavy (non-hydrogen) atoms. The van der Waals surface area contributed by atoms with E-state index in [2.05, 4.69) is 10.5 Å². The lowest BCUT2D eigenvalue weighted by Crippen LogP contribution is -2.22. The molecule has 0 aliphatic carbocycles. The van der Waals surface area contributed by atoms with Gasteiger partial charge in [-0.2, -0.15) is 0 Å². The number of hydrogen-bond donors (Lipinski definition) is 1. The molecule has 0 bridgehead atoms. The first-order chi connectivity index (χ1) is 10.6. The summed E-state index contributed by atoms with van der Waals surface area (Å²) in [5, 5.41) is 6.67. The third kappa shape index (κ3) is 4.56. The van der Waals surface area contributed by atoms with Crippen molar-refractivity contribution in [2.24, 2.45) is 0 Å². The van der Waals surface area contributed by atoms with Gasteiger partial charge in [0, 0.05) is 16.5 Å². The molecule has 1 aromatic carbocycles. The number of halogens is 1. The van der Waals surface area contributed by atoms with Crippen molar-refractivity contribution in [1.82, 2.24) is 5.16 Å². The number of rotatable bonds is 4. The summed E-state index contributed by atoms with van der Waals surface area (Å²) in [5.74, 6) is -1.28. The number of benzene rings is 1. The van der Waals surface area contributed by atoms with Crippen LogP contribution in [0.15, 0.2) is 39.8 Å². The summed E-state index contributed by atoms with van der Waals surface area (Å²) >= 11 is 5.72. The highest BCUT2D eigenvalue weighted by Gasteiger charge is 2.22. The number of nitrogens with one attached hydrogen (secondary N) is 1. The molecule has 2 aromatic rings. The topological polar surface area (TPSA) is 89.3 Å². The number of nitrogens with zero attached hydrogens (tertiary/aromatic N) is 1. The molecule has 0 unspecified atom stereocenters. The predicted molar refractivity (Wildman–Crippen MR) is 87.3 cm³/mol. The predicted octanol–water partition coefficient (Wildman–Crippen LogP) is 3.04. The highest BCUT2D eigenvalue weighted by molar-refractivity contribution is 7.92. The van der Waals surface area contributed by atoms with Gasteiger partial charge in [-0.25, -0.2) is 8.42 Å². The third-order valence-corrected chi connectivity index (χ3v) is 4.92. The van der Waals surface area contributed by atoms with Crippen molar-refractivity contribution in [3.05, 3.63) is 41.0 Å². The largest absolute Gasteiger partial charge is 0.338 e. The summed E-state index contributed by atoms with van der Waals surface area (Å²) < 4.78 is 29.3. The van der Waals surface area contributed by atoms with Crippen molar-refractivity contribution in [2.45, 2.75) is 31.1 Å². The smallest absolute Gasteiger partial charge is 0.242 e. The molecule has 1 N–H and O–H groups in total. The van der Waals surface area contributed by atoms with Crippen LogP contribution in [0, 0.1) is 0 Å². The Labute approximate surface area is 139 Å². The number of hydrogen-bond acceptors (Lipinski definition) is 5. The molecule has 0 saturated carbocycles. The first-order valence-corrected chi connectivity index (χ1v) is 8.86. The number of sulfone groups is 1. The van der Waals surface area contributed by atoms with Gasteiger partial charge in [0.15, 0.2) is 9.84 Å². The SMILES string of the molecule is CC(C)(C)c1cc(NC(=O)CS(=O)(=O)c2ccc(Cl)cc2)on1. The van der Waals surface area contributed by atoms with E-state index >= 15 is 0 Å². The van der Waals surface area contributed by atoms with Crippen LogP contribution >= 0.6 is 11.6 Å². The van der Waals surface area contributed by atoms with Crippen LogP contribution in [0.4, 0.5) is 5.88 Å². The molecule has 0 aliphatic heterocycles. The minimum absolute atomic E-state index is 0.0324. The molecule has 2 rings (SSSR count). The van der Waals surface area contributed by atoms with Gasteiger partial charge >= 0.3 is 0 Å². The van der Waals surface area contributed by atoms with E-state index in [1.54, 1.807) is 6.07 Å². The van der Waals surface area contributed by atoms with Crippen LogP contribution in [0.1, 0.15) is 26.5 Å². The van der Waals surface area contributed by atoms with Crippen molar-refractivity contribution < 1.29 is 17.7 Å². The monoisotopic (exact) mass is 356 g/mol. The molecular weight excluding hydrogens is 340 g/mol. The summed E-state index contributed by atoms with van der Waals surface area (Å²) in [7, 11) is -3.75. The summed E-state index contributed by atoms with van der Waals surface area (Å²) in [5.41, 5.74) is 0.426. The number of aromatic nitrogens is 1. The average molecular weight is 357 g/mol. The second-order valence-electron chi connectivity index (χ2n) is 6.09. The maximum atomic E-state index is 12.2. The second kappa shape index (κ2) is 6.33. The average Bonchev–Trinajstić information content (AvgIpc) is 2.86. The van der Waals surface area contributed by atoms with E-state index in [-0.39, 0.29) is 16.2 Å². The Kier molecular flexibility index (Phi) is 4.81. The number of anilines is 1. The highest BCUT2D eigenvalue weighted by atomic mass is 35.5. The fraction of sp³-hybridized carbons (Fsp3) is 0.333. The van der Waals surface area contributed by atoms with Crippen molar-refractivity contribution in [3.63, 3.8) is 0 Å². The van der Waals surface area contributed by atoms with Crippen LogP contribution in [0.2, 0.25) is 5.02 Å². The van der Waals surface area contributed by atoms with Crippen molar-refractivity contribution in [1.29, 1.82) is 0 Å².